The Morgan fingerprint density at radius 2 is 2.06 bits per heavy atom. The molecular formula is C18H24. The fraction of sp³-hybridized carbons (Fsp3) is 0.444. The molecule has 0 heterocycles. The van der Waals surface area contributed by atoms with E-state index >= 15 is 0 Å². The highest BCUT2D eigenvalue weighted by atomic mass is 14.3. The van der Waals surface area contributed by atoms with Gasteiger partial charge in [0, 0.05) is 0 Å². The number of allylic oxidation sites excluding steroid dienone is 8. The lowest BCUT2D eigenvalue weighted by Gasteiger charge is -2.20. The topological polar surface area (TPSA) is 0 Å². The molecule has 2 rings (SSSR count). The van der Waals surface area contributed by atoms with Crippen molar-refractivity contribution in [2.45, 2.75) is 45.4 Å². The molecule has 0 N–H and O–H groups in total. The first-order valence-corrected chi connectivity index (χ1v) is 7.12. The molecule has 0 saturated heterocycles. The second-order valence-corrected chi connectivity index (χ2v) is 5.46. The Balaban J connectivity index is 2.14. The zero-order valence-corrected chi connectivity index (χ0v) is 11.5. The number of hydrogen-bond donors (Lipinski definition) is 0. The summed E-state index contributed by atoms with van der Waals surface area (Å²) in [6.45, 7) is 10.1. The van der Waals surface area contributed by atoms with E-state index in [1.807, 2.05) is 6.08 Å². The highest BCUT2D eigenvalue weighted by Gasteiger charge is 2.20. The van der Waals surface area contributed by atoms with Crippen LogP contribution in [0.5, 0.6) is 0 Å². The Kier molecular flexibility index (Phi) is 4.41. The molecule has 0 spiro atoms. The molecule has 2 aliphatic carbocycles. The second kappa shape index (κ2) is 6.04. The first-order valence-electron chi connectivity index (χ1n) is 7.12. The normalized spacial score (nSPS) is 21.5. The Morgan fingerprint density at radius 1 is 1.33 bits per heavy atom. The average Bonchev–Trinajstić information content (AvgIpc) is 2.92. The fourth-order valence-corrected chi connectivity index (χ4v) is 3.04. The van der Waals surface area contributed by atoms with Crippen LogP contribution in [0, 0.1) is 5.92 Å². The summed E-state index contributed by atoms with van der Waals surface area (Å²) < 4.78 is 0. The molecule has 2 aliphatic rings. The van der Waals surface area contributed by atoms with Crippen molar-refractivity contribution in [3.05, 3.63) is 59.8 Å². The Morgan fingerprint density at radius 3 is 2.72 bits per heavy atom. The van der Waals surface area contributed by atoms with Crippen LogP contribution in [-0.4, -0.2) is 0 Å². The van der Waals surface area contributed by atoms with Crippen LogP contribution < -0.4 is 0 Å². The molecule has 18 heavy (non-hydrogen) atoms. The van der Waals surface area contributed by atoms with E-state index in [9.17, 15) is 0 Å². The molecule has 0 aromatic rings. The minimum Gasteiger partial charge on any atom is -0.0991 e. The first kappa shape index (κ1) is 13.1. The molecule has 0 aliphatic heterocycles. The summed E-state index contributed by atoms with van der Waals surface area (Å²) >= 11 is 0. The largest absolute Gasteiger partial charge is 0.0991 e. The summed E-state index contributed by atoms with van der Waals surface area (Å²) in [7, 11) is 0. The van der Waals surface area contributed by atoms with Crippen molar-refractivity contribution in [1.29, 1.82) is 0 Å². The predicted octanol–water partition coefficient (Wildman–Crippen LogP) is 5.51. The average molecular weight is 240 g/mol. The zero-order valence-electron chi connectivity index (χ0n) is 11.5. The third-order valence-electron chi connectivity index (χ3n) is 4.19. The maximum Gasteiger partial charge on any atom is -0.0165 e. The van der Waals surface area contributed by atoms with Gasteiger partial charge in [-0.1, -0.05) is 50.3 Å². The SMILES string of the molecule is C=CC=C(C)C(=C)C1=CC(C2CCCC2)=CCC1. The molecule has 0 aromatic carbocycles. The van der Waals surface area contributed by atoms with Crippen LogP contribution in [0.2, 0.25) is 0 Å². The van der Waals surface area contributed by atoms with Gasteiger partial charge in [0.25, 0.3) is 0 Å². The summed E-state index contributed by atoms with van der Waals surface area (Å²) in [5, 5.41) is 0. The number of hydrogen-bond acceptors (Lipinski definition) is 0. The molecule has 1 saturated carbocycles. The summed E-state index contributed by atoms with van der Waals surface area (Å²) in [6.07, 6.45) is 16.6. The molecule has 0 unspecified atom stereocenters. The van der Waals surface area contributed by atoms with E-state index < -0.39 is 0 Å². The predicted molar refractivity (Wildman–Crippen MR) is 80.5 cm³/mol. The first-order chi connectivity index (χ1) is 8.72. The molecule has 1 fully saturated rings. The van der Waals surface area contributed by atoms with E-state index in [0.717, 1.165) is 12.3 Å². The summed E-state index contributed by atoms with van der Waals surface area (Å²) in [6, 6.07) is 0. The van der Waals surface area contributed by atoms with E-state index in [2.05, 4.69) is 38.3 Å². The van der Waals surface area contributed by atoms with Gasteiger partial charge < -0.3 is 0 Å². The van der Waals surface area contributed by atoms with Crippen LogP contribution in [0.25, 0.3) is 0 Å². The lowest BCUT2D eigenvalue weighted by molar-refractivity contribution is 0.647. The van der Waals surface area contributed by atoms with E-state index in [1.165, 1.54) is 48.8 Å². The standard InChI is InChI=1S/C18H24/c1-4-8-14(2)15(3)17-11-7-12-18(13-17)16-9-5-6-10-16/h4,8,12-13,16H,1,3,5-7,9-11H2,2H3. The Hall–Kier alpha value is -1.30. The molecule has 0 heteroatoms. The quantitative estimate of drug-likeness (QED) is 0.568. The lowest BCUT2D eigenvalue weighted by atomic mass is 9.85. The summed E-state index contributed by atoms with van der Waals surface area (Å²) in [5.41, 5.74) is 5.43. The zero-order chi connectivity index (χ0) is 13.0. The van der Waals surface area contributed by atoms with Gasteiger partial charge in [0.1, 0.15) is 0 Å². The van der Waals surface area contributed by atoms with E-state index in [0.29, 0.717) is 0 Å². The van der Waals surface area contributed by atoms with Crippen LogP contribution in [0.15, 0.2) is 59.8 Å². The van der Waals surface area contributed by atoms with Gasteiger partial charge >= 0.3 is 0 Å². The van der Waals surface area contributed by atoms with Gasteiger partial charge in [0.05, 0.1) is 0 Å². The van der Waals surface area contributed by atoms with Crippen LogP contribution in [-0.2, 0) is 0 Å². The van der Waals surface area contributed by atoms with Crippen molar-refractivity contribution in [3.63, 3.8) is 0 Å². The third-order valence-corrected chi connectivity index (χ3v) is 4.19. The van der Waals surface area contributed by atoms with Gasteiger partial charge in [-0.15, -0.1) is 0 Å². The molecule has 0 radical (unpaired) electrons. The van der Waals surface area contributed by atoms with Crippen molar-refractivity contribution < 1.29 is 0 Å². The summed E-state index contributed by atoms with van der Waals surface area (Å²) in [4.78, 5) is 0. The molecule has 0 atom stereocenters. The van der Waals surface area contributed by atoms with Gasteiger partial charge in [0.2, 0.25) is 0 Å². The second-order valence-electron chi connectivity index (χ2n) is 5.46. The molecule has 0 amide bonds. The maximum atomic E-state index is 4.25. The molecule has 0 aromatic heterocycles. The van der Waals surface area contributed by atoms with E-state index in [4.69, 9.17) is 0 Å². The van der Waals surface area contributed by atoms with Crippen LogP contribution in [0.1, 0.15) is 45.4 Å². The summed E-state index contributed by atoms with van der Waals surface area (Å²) in [5.74, 6) is 0.816. The molecule has 0 nitrogen and oxygen atoms in total. The molecular weight excluding hydrogens is 216 g/mol. The lowest BCUT2D eigenvalue weighted by Crippen LogP contribution is -2.03. The van der Waals surface area contributed by atoms with Crippen molar-refractivity contribution in [1.82, 2.24) is 0 Å². The highest BCUT2D eigenvalue weighted by molar-refractivity contribution is 5.49. The highest BCUT2D eigenvalue weighted by Crippen LogP contribution is 2.36. The monoisotopic (exact) mass is 240 g/mol. The minimum atomic E-state index is 0.816. The third kappa shape index (κ3) is 2.93. The van der Waals surface area contributed by atoms with Gasteiger partial charge in [-0.3, -0.25) is 0 Å². The van der Waals surface area contributed by atoms with Crippen molar-refractivity contribution in [2.75, 3.05) is 0 Å². The maximum absolute atomic E-state index is 4.25. The van der Waals surface area contributed by atoms with Gasteiger partial charge in [-0.25, -0.2) is 0 Å². The Labute approximate surface area is 111 Å². The van der Waals surface area contributed by atoms with Gasteiger partial charge in [-0.05, 0) is 60.8 Å². The Bertz CT molecular complexity index is 423. The number of rotatable bonds is 4. The van der Waals surface area contributed by atoms with Crippen molar-refractivity contribution >= 4 is 0 Å². The van der Waals surface area contributed by atoms with E-state index in [-0.39, 0.29) is 0 Å². The fourth-order valence-electron chi connectivity index (χ4n) is 3.04. The van der Waals surface area contributed by atoms with Crippen LogP contribution in [0.4, 0.5) is 0 Å². The van der Waals surface area contributed by atoms with Crippen molar-refractivity contribution in [2.24, 2.45) is 5.92 Å². The van der Waals surface area contributed by atoms with Gasteiger partial charge in [0.15, 0.2) is 0 Å². The smallest absolute Gasteiger partial charge is 0.0165 e. The van der Waals surface area contributed by atoms with Gasteiger partial charge in [-0.2, -0.15) is 0 Å². The molecule has 0 bridgehead atoms. The van der Waals surface area contributed by atoms with Crippen LogP contribution in [0.3, 0.4) is 0 Å². The minimum absolute atomic E-state index is 0.816. The molecule has 96 valence electrons. The van der Waals surface area contributed by atoms with E-state index in [1.54, 1.807) is 5.57 Å². The van der Waals surface area contributed by atoms with Crippen molar-refractivity contribution in [3.8, 4) is 0 Å². The van der Waals surface area contributed by atoms with Crippen LogP contribution >= 0.6 is 0 Å².